The van der Waals surface area contributed by atoms with Crippen molar-refractivity contribution in [2.75, 3.05) is 6.54 Å². The van der Waals surface area contributed by atoms with E-state index in [1.807, 2.05) is 43.5 Å². The summed E-state index contributed by atoms with van der Waals surface area (Å²) in [6.07, 6.45) is 5.21. The topological polar surface area (TPSA) is 75.4 Å². The first kappa shape index (κ1) is 16.2. The Morgan fingerprint density at radius 3 is 2.71 bits per heavy atom. The van der Waals surface area contributed by atoms with E-state index in [9.17, 15) is 9.59 Å². The summed E-state index contributed by atoms with van der Waals surface area (Å²) in [7, 11) is 0. The third-order valence-corrected chi connectivity index (χ3v) is 4.68. The van der Waals surface area contributed by atoms with Crippen LogP contribution in [-0.2, 0) is 16.0 Å². The van der Waals surface area contributed by atoms with Crippen LogP contribution in [0.2, 0.25) is 0 Å². The van der Waals surface area contributed by atoms with Gasteiger partial charge in [-0.2, -0.15) is 5.10 Å². The zero-order valence-electron chi connectivity index (χ0n) is 13.6. The summed E-state index contributed by atoms with van der Waals surface area (Å²) in [6.45, 7) is 2.34. The molecule has 1 fully saturated rings. The number of aryl methyl sites for hydroxylation is 1. The molecule has 0 saturated carbocycles. The van der Waals surface area contributed by atoms with Gasteiger partial charge in [-0.25, -0.2) is 4.68 Å². The molecular weight excluding hydrogens is 306 g/mol. The van der Waals surface area contributed by atoms with Crippen LogP contribution in [0.3, 0.4) is 0 Å². The van der Waals surface area contributed by atoms with E-state index in [0.717, 1.165) is 11.3 Å². The van der Waals surface area contributed by atoms with E-state index in [2.05, 4.69) is 5.10 Å². The third-order valence-electron chi connectivity index (χ3n) is 4.68. The standard InChI is InChI=1S/C18H21N3O3/c1-13-16(18(23)24)9-10-20(13)17(22)8-7-14-11-19-21(12-14)15-5-3-2-4-6-15/h2-6,11-13,16H,7-10H2,1H3,(H,23,24). The highest BCUT2D eigenvalue weighted by Crippen LogP contribution is 2.25. The maximum atomic E-state index is 12.4. The van der Waals surface area contributed by atoms with Crippen molar-refractivity contribution in [1.82, 2.24) is 14.7 Å². The van der Waals surface area contributed by atoms with Gasteiger partial charge in [0.2, 0.25) is 5.91 Å². The van der Waals surface area contributed by atoms with Crippen LogP contribution in [-0.4, -0.2) is 44.3 Å². The van der Waals surface area contributed by atoms with Gasteiger partial charge < -0.3 is 10.0 Å². The summed E-state index contributed by atoms with van der Waals surface area (Å²) >= 11 is 0. The second-order valence-electron chi connectivity index (χ2n) is 6.19. The summed E-state index contributed by atoms with van der Waals surface area (Å²) in [5, 5.41) is 13.5. The van der Waals surface area contributed by atoms with Gasteiger partial charge in [0.05, 0.1) is 17.8 Å². The van der Waals surface area contributed by atoms with Crippen LogP contribution in [0.5, 0.6) is 0 Å². The number of carbonyl (C=O) groups is 2. The molecule has 6 nitrogen and oxygen atoms in total. The first-order valence-electron chi connectivity index (χ1n) is 8.17. The molecule has 0 radical (unpaired) electrons. The van der Waals surface area contributed by atoms with Crippen LogP contribution in [0.15, 0.2) is 42.7 Å². The van der Waals surface area contributed by atoms with Gasteiger partial charge in [-0.05, 0) is 37.5 Å². The normalized spacial score (nSPS) is 20.3. The van der Waals surface area contributed by atoms with E-state index >= 15 is 0 Å². The minimum Gasteiger partial charge on any atom is -0.481 e. The Labute approximate surface area is 140 Å². The number of likely N-dealkylation sites (tertiary alicyclic amines) is 1. The van der Waals surface area contributed by atoms with Crippen molar-refractivity contribution in [3.8, 4) is 5.69 Å². The maximum absolute atomic E-state index is 12.4. The van der Waals surface area contributed by atoms with Crippen LogP contribution < -0.4 is 0 Å². The zero-order valence-corrected chi connectivity index (χ0v) is 13.6. The minimum atomic E-state index is -0.818. The highest BCUT2D eigenvalue weighted by molar-refractivity contribution is 5.79. The van der Waals surface area contributed by atoms with Crippen LogP contribution >= 0.6 is 0 Å². The van der Waals surface area contributed by atoms with E-state index in [-0.39, 0.29) is 11.9 Å². The molecule has 1 aromatic heterocycles. The van der Waals surface area contributed by atoms with Gasteiger partial charge in [-0.1, -0.05) is 18.2 Å². The van der Waals surface area contributed by atoms with Gasteiger partial charge in [-0.3, -0.25) is 9.59 Å². The Balaban J connectivity index is 1.58. The minimum absolute atomic E-state index is 0.0127. The highest BCUT2D eigenvalue weighted by Gasteiger charge is 2.37. The number of para-hydroxylation sites is 1. The summed E-state index contributed by atoms with van der Waals surface area (Å²) < 4.78 is 1.79. The number of carboxylic acid groups (broad SMARTS) is 1. The molecule has 1 aromatic carbocycles. The predicted octanol–water partition coefficient (Wildman–Crippen LogP) is 2.13. The Morgan fingerprint density at radius 1 is 1.29 bits per heavy atom. The number of benzene rings is 1. The van der Waals surface area contributed by atoms with Crippen molar-refractivity contribution in [1.29, 1.82) is 0 Å². The molecule has 24 heavy (non-hydrogen) atoms. The fourth-order valence-corrected chi connectivity index (χ4v) is 3.23. The molecule has 6 heteroatoms. The third kappa shape index (κ3) is 3.32. The molecule has 0 aliphatic carbocycles. The fourth-order valence-electron chi connectivity index (χ4n) is 3.23. The van der Waals surface area contributed by atoms with Crippen LogP contribution in [0.1, 0.15) is 25.3 Å². The smallest absolute Gasteiger partial charge is 0.308 e. The summed E-state index contributed by atoms with van der Waals surface area (Å²) in [6, 6.07) is 9.57. The summed E-state index contributed by atoms with van der Waals surface area (Å²) in [5.41, 5.74) is 1.97. The van der Waals surface area contributed by atoms with E-state index in [1.165, 1.54) is 0 Å². The number of carbonyl (C=O) groups excluding carboxylic acids is 1. The van der Waals surface area contributed by atoms with E-state index in [0.29, 0.717) is 25.8 Å². The van der Waals surface area contributed by atoms with E-state index < -0.39 is 11.9 Å². The van der Waals surface area contributed by atoms with E-state index in [1.54, 1.807) is 15.8 Å². The SMILES string of the molecule is CC1C(C(=O)O)CCN1C(=O)CCc1cnn(-c2ccccc2)c1. The van der Waals surface area contributed by atoms with Gasteiger partial charge in [0, 0.05) is 25.2 Å². The molecule has 2 aromatic rings. The number of aromatic nitrogens is 2. The lowest BCUT2D eigenvalue weighted by molar-refractivity contribution is -0.143. The van der Waals surface area contributed by atoms with Crippen molar-refractivity contribution in [2.45, 2.75) is 32.2 Å². The lowest BCUT2D eigenvalue weighted by Crippen LogP contribution is -2.37. The number of aliphatic carboxylic acids is 1. The zero-order chi connectivity index (χ0) is 17.1. The molecule has 2 heterocycles. The van der Waals surface area contributed by atoms with Crippen molar-refractivity contribution in [3.63, 3.8) is 0 Å². The maximum Gasteiger partial charge on any atom is 0.308 e. The average molecular weight is 327 g/mol. The fraction of sp³-hybridized carbons (Fsp3) is 0.389. The Morgan fingerprint density at radius 2 is 2.04 bits per heavy atom. The largest absolute Gasteiger partial charge is 0.481 e. The van der Waals surface area contributed by atoms with Crippen LogP contribution in [0.25, 0.3) is 5.69 Å². The lowest BCUT2D eigenvalue weighted by Gasteiger charge is -2.23. The molecule has 3 rings (SSSR count). The second-order valence-corrected chi connectivity index (χ2v) is 6.19. The summed E-state index contributed by atoms with van der Waals surface area (Å²) in [5.74, 6) is -1.25. The molecule has 0 spiro atoms. The van der Waals surface area contributed by atoms with Crippen molar-refractivity contribution >= 4 is 11.9 Å². The van der Waals surface area contributed by atoms with Gasteiger partial charge in [0.25, 0.3) is 0 Å². The van der Waals surface area contributed by atoms with Gasteiger partial charge >= 0.3 is 5.97 Å². The van der Waals surface area contributed by atoms with Crippen molar-refractivity contribution < 1.29 is 14.7 Å². The molecule has 2 unspecified atom stereocenters. The number of amides is 1. The molecule has 1 amide bonds. The Bertz CT molecular complexity index is 726. The quantitative estimate of drug-likeness (QED) is 0.913. The Hall–Kier alpha value is -2.63. The predicted molar refractivity (Wildman–Crippen MR) is 88.8 cm³/mol. The molecule has 126 valence electrons. The van der Waals surface area contributed by atoms with Gasteiger partial charge in [0.1, 0.15) is 0 Å². The molecular formula is C18H21N3O3. The molecule has 1 aliphatic rings. The van der Waals surface area contributed by atoms with Crippen LogP contribution in [0, 0.1) is 5.92 Å². The van der Waals surface area contributed by atoms with Gasteiger partial charge in [-0.15, -0.1) is 0 Å². The molecule has 2 atom stereocenters. The molecule has 1 saturated heterocycles. The summed E-state index contributed by atoms with van der Waals surface area (Å²) in [4.78, 5) is 25.2. The van der Waals surface area contributed by atoms with E-state index in [4.69, 9.17) is 5.11 Å². The highest BCUT2D eigenvalue weighted by atomic mass is 16.4. The average Bonchev–Trinajstić information content (AvgIpc) is 3.20. The first-order valence-corrected chi connectivity index (χ1v) is 8.17. The number of hydrogen-bond acceptors (Lipinski definition) is 3. The van der Waals surface area contributed by atoms with Gasteiger partial charge in [0.15, 0.2) is 0 Å². The number of rotatable bonds is 5. The lowest BCUT2D eigenvalue weighted by atomic mass is 10.0. The number of carboxylic acids is 1. The number of hydrogen-bond donors (Lipinski definition) is 1. The Kier molecular flexibility index (Phi) is 4.64. The van der Waals surface area contributed by atoms with Crippen molar-refractivity contribution in [2.24, 2.45) is 5.92 Å². The first-order chi connectivity index (χ1) is 11.6. The van der Waals surface area contributed by atoms with Crippen LogP contribution in [0.4, 0.5) is 0 Å². The molecule has 1 N–H and O–H groups in total. The molecule has 1 aliphatic heterocycles. The van der Waals surface area contributed by atoms with Crippen molar-refractivity contribution in [3.05, 3.63) is 48.3 Å². The monoisotopic (exact) mass is 327 g/mol. The molecule has 0 bridgehead atoms. The second kappa shape index (κ2) is 6.86. The number of nitrogens with zero attached hydrogens (tertiary/aromatic N) is 3.